The molecule has 6 heteroatoms. The minimum Gasteiger partial charge on any atom is -1.00 e. The van der Waals surface area contributed by atoms with E-state index in [0.29, 0.717) is 0 Å². The van der Waals surface area contributed by atoms with Gasteiger partial charge in [-0.2, -0.15) is 0 Å². The Kier molecular flexibility index (Phi) is 44.9. The smallest absolute Gasteiger partial charge is 1.00 e. The van der Waals surface area contributed by atoms with Crippen LogP contribution in [0.3, 0.4) is 0 Å². The SMILES string of the molecule is [Al+2][c]1ccccc1.[Cl-].[Cl-].[Cl-].[Cl-].[Mg+2]. The van der Waals surface area contributed by atoms with Gasteiger partial charge in [0.1, 0.15) is 0 Å². The van der Waals surface area contributed by atoms with Crippen molar-refractivity contribution in [1.82, 2.24) is 0 Å². The van der Waals surface area contributed by atoms with Crippen molar-refractivity contribution >= 4 is 43.8 Å². The van der Waals surface area contributed by atoms with Gasteiger partial charge in [0.2, 0.25) is 0 Å². The van der Waals surface area contributed by atoms with Crippen molar-refractivity contribution in [3.05, 3.63) is 30.3 Å². The Morgan fingerprint density at radius 2 is 1.08 bits per heavy atom. The molecule has 12 heavy (non-hydrogen) atoms. The monoisotopic (exact) mass is 268 g/mol. The fourth-order valence-electron chi connectivity index (χ4n) is 0.453. The van der Waals surface area contributed by atoms with Gasteiger partial charge in [0.05, 0.1) is 0 Å². The molecule has 62 valence electrons. The fourth-order valence-corrected chi connectivity index (χ4v) is 0.675. The molecule has 1 aromatic rings. The van der Waals surface area contributed by atoms with Crippen LogP contribution in [-0.2, 0) is 0 Å². The van der Waals surface area contributed by atoms with Gasteiger partial charge in [-0.05, 0) is 0 Å². The second kappa shape index (κ2) is 18.5. The number of hydrogen-bond donors (Lipinski definition) is 0. The van der Waals surface area contributed by atoms with Crippen molar-refractivity contribution in [2.75, 3.05) is 0 Å². The molecule has 0 amide bonds. The number of rotatable bonds is 0. The van der Waals surface area contributed by atoms with Crippen molar-refractivity contribution in [3.63, 3.8) is 0 Å². The van der Waals surface area contributed by atoms with E-state index in [1.54, 1.807) is 0 Å². The summed E-state index contributed by atoms with van der Waals surface area (Å²) in [6.45, 7) is 0. The predicted octanol–water partition coefficient (Wildman–Crippen LogP) is -11.9. The van der Waals surface area contributed by atoms with E-state index in [1.165, 1.54) is 4.43 Å². The second-order valence-electron chi connectivity index (χ2n) is 1.41. The van der Waals surface area contributed by atoms with Gasteiger partial charge in [-0.3, -0.25) is 0 Å². The first-order chi connectivity index (χ1) is 3.39. The molecule has 0 heterocycles. The fraction of sp³-hybridized carbons (Fsp3) is 0. The molecule has 0 fully saturated rings. The topological polar surface area (TPSA) is 0 Å². The van der Waals surface area contributed by atoms with Crippen LogP contribution in [0.25, 0.3) is 0 Å². The van der Waals surface area contributed by atoms with Crippen LogP contribution in [0.15, 0.2) is 30.3 Å². The zero-order chi connectivity index (χ0) is 5.11. The van der Waals surface area contributed by atoms with Gasteiger partial charge in [0.25, 0.3) is 0 Å². The molecule has 0 nitrogen and oxygen atoms in total. The maximum absolute atomic E-state index is 2.63. The summed E-state index contributed by atoms with van der Waals surface area (Å²) in [6.07, 6.45) is 0. The summed E-state index contributed by atoms with van der Waals surface area (Å²) in [4.78, 5) is 0. The first-order valence-electron chi connectivity index (χ1n) is 2.20. The van der Waals surface area contributed by atoms with E-state index in [9.17, 15) is 0 Å². The molecule has 0 aliphatic heterocycles. The van der Waals surface area contributed by atoms with E-state index < -0.39 is 0 Å². The van der Waals surface area contributed by atoms with Crippen molar-refractivity contribution in [1.29, 1.82) is 0 Å². The van der Waals surface area contributed by atoms with E-state index in [1.807, 2.05) is 30.3 Å². The summed E-state index contributed by atoms with van der Waals surface area (Å²) in [7, 11) is 0. The summed E-state index contributed by atoms with van der Waals surface area (Å²) in [5.74, 6) is 0. The van der Waals surface area contributed by atoms with Crippen molar-refractivity contribution in [2.24, 2.45) is 0 Å². The Hall–Kier alpha value is 1.68. The van der Waals surface area contributed by atoms with Crippen LogP contribution in [0.4, 0.5) is 0 Å². The first-order valence-corrected chi connectivity index (χ1v) is 2.78. The van der Waals surface area contributed by atoms with E-state index >= 15 is 0 Å². The Bertz CT molecular complexity index is 149. The number of benzene rings is 1. The molecule has 1 aromatic carbocycles. The summed E-state index contributed by atoms with van der Waals surface area (Å²) >= 11 is 2.63. The Balaban J connectivity index is -0.0000000327. The molecular formula is C6H5AlCl4Mg. The molecule has 0 atom stereocenters. The van der Waals surface area contributed by atoms with Gasteiger partial charge in [0, 0.05) is 0 Å². The molecule has 0 saturated heterocycles. The molecule has 0 saturated carbocycles. The van der Waals surface area contributed by atoms with Crippen LogP contribution in [0.2, 0.25) is 0 Å². The van der Waals surface area contributed by atoms with Crippen LogP contribution in [0.1, 0.15) is 0 Å². The van der Waals surface area contributed by atoms with Gasteiger partial charge in [-0.25, -0.2) is 0 Å². The summed E-state index contributed by atoms with van der Waals surface area (Å²) < 4.78 is 1.24. The average Bonchev–Trinajstić information content (AvgIpc) is 1.69. The standard InChI is InChI=1S/C6H5.Al.4ClH.Mg/c1-2-4-6-5-3-1;;;;;;/h1-5H;;4*1H;/q;+2;;;;;+2/p-4. The summed E-state index contributed by atoms with van der Waals surface area (Å²) in [5.41, 5.74) is 0. The van der Waals surface area contributed by atoms with Crippen LogP contribution >= 0.6 is 0 Å². The van der Waals surface area contributed by atoms with E-state index in [4.69, 9.17) is 0 Å². The van der Waals surface area contributed by atoms with Crippen LogP contribution in [0, 0.1) is 0 Å². The molecule has 1 rings (SSSR count). The Morgan fingerprint density at radius 1 is 0.750 bits per heavy atom. The van der Waals surface area contributed by atoms with Gasteiger partial charge in [-0.15, -0.1) is 0 Å². The molecule has 0 unspecified atom stereocenters. The maximum atomic E-state index is 2.63. The third-order valence-electron chi connectivity index (χ3n) is 0.800. The molecule has 0 aliphatic rings. The van der Waals surface area contributed by atoms with Crippen molar-refractivity contribution in [2.45, 2.75) is 0 Å². The molecule has 0 bridgehead atoms. The average molecular weight is 270 g/mol. The largest absolute Gasteiger partial charge is 2.00 e. The zero-order valence-electron chi connectivity index (χ0n) is 6.18. The van der Waals surface area contributed by atoms with Crippen molar-refractivity contribution in [3.8, 4) is 0 Å². The zero-order valence-corrected chi connectivity index (χ0v) is 11.8. The predicted molar refractivity (Wildman–Crippen MR) is 37.6 cm³/mol. The van der Waals surface area contributed by atoms with Crippen LogP contribution in [0.5, 0.6) is 0 Å². The molecule has 0 N–H and O–H groups in total. The summed E-state index contributed by atoms with van der Waals surface area (Å²) in [6, 6.07) is 10.1. The third kappa shape index (κ3) is 14.2. The molecule has 0 aliphatic carbocycles. The van der Waals surface area contributed by atoms with Gasteiger partial charge < -0.3 is 49.6 Å². The van der Waals surface area contributed by atoms with Gasteiger partial charge in [0.15, 0.2) is 0 Å². The second-order valence-corrected chi connectivity index (χ2v) is 2.08. The van der Waals surface area contributed by atoms with Gasteiger partial charge >= 0.3 is 74.1 Å². The Labute approximate surface area is 122 Å². The molecular weight excluding hydrogens is 265 g/mol. The number of hydrogen-bond acceptors (Lipinski definition) is 0. The van der Waals surface area contributed by atoms with E-state index in [-0.39, 0.29) is 72.7 Å². The van der Waals surface area contributed by atoms with E-state index in [2.05, 4.69) is 16.3 Å². The van der Waals surface area contributed by atoms with Gasteiger partial charge in [-0.1, -0.05) is 0 Å². The number of halogens is 4. The molecule has 0 spiro atoms. The van der Waals surface area contributed by atoms with Crippen LogP contribution in [-0.4, -0.2) is 39.3 Å². The quantitative estimate of drug-likeness (QED) is 0.411. The first kappa shape index (κ1) is 29.2. The minimum atomic E-state index is 0. The maximum Gasteiger partial charge on any atom is 2.00 e. The third-order valence-corrected chi connectivity index (χ3v) is 1.18. The summed E-state index contributed by atoms with van der Waals surface area (Å²) in [5, 5.41) is 0. The van der Waals surface area contributed by atoms with Crippen LogP contribution < -0.4 is 54.1 Å². The molecule has 0 radical (unpaired) electrons. The van der Waals surface area contributed by atoms with E-state index in [0.717, 1.165) is 0 Å². The Morgan fingerprint density at radius 3 is 1.25 bits per heavy atom. The molecule has 0 aromatic heterocycles. The normalized spacial score (nSPS) is 5.17. The van der Waals surface area contributed by atoms with Crippen molar-refractivity contribution < 1.29 is 49.6 Å². The minimum absolute atomic E-state index is 0.